The van der Waals surface area contributed by atoms with E-state index in [0.29, 0.717) is 13.2 Å². The SMILES string of the molecule is COCCC1(C(=O)N[C@@H](C)CN)CCCC1. The van der Waals surface area contributed by atoms with Crippen molar-refractivity contribution in [2.45, 2.75) is 45.1 Å². The minimum absolute atomic E-state index is 0.0625. The van der Waals surface area contributed by atoms with Crippen molar-refractivity contribution >= 4 is 5.91 Å². The van der Waals surface area contributed by atoms with E-state index in [4.69, 9.17) is 10.5 Å². The first-order valence-electron chi connectivity index (χ1n) is 6.14. The van der Waals surface area contributed by atoms with Gasteiger partial charge in [0.2, 0.25) is 5.91 Å². The standard InChI is InChI=1S/C12H24N2O2/c1-10(9-13)14-11(15)12(7-8-16-2)5-3-4-6-12/h10H,3-9,13H2,1-2H3,(H,14,15)/t10-/m0/s1. The third-order valence-electron chi connectivity index (χ3n) is 3.56. The second kappa shape index (κ2) is 6.21. The molecule has 0 unspecified atom stereocenters. The van der Waals surface area contributed by atoms with Crippen molar-refractivity contribution < 1.29 is 9.53 Å². The summed E-state index contributed by atoms with van der Waals surface area (Å²) in [5.41, 5.74) is 5.33. The lowest BCUT2D eigenvalue weighted by molar-refractivity contribution is -0.132. The number of hydrogen-bond donors (Lipinski definition) is 2. The number of ether oxygens (including phenoxy) is 1. The van der Waals surface area contributed by atoms with Gasteiger partial charge in [-0.15, -0.1) is 0 Å². The highest BCUT2D eigenvalue weighted by atomic mass is 16.5. The van der Waals surface area contributed by atoms with Gasteiger partial charge in [-0.05, 0) is 26.2 Å². The molecule has 1 saturated carbocycles. The van der Waals surface area contributed by atoms with Crippen LogP contribution in [-0.4, -0.2) is 32.2 Å². The first kappa shape index (κ1) is 13.5. The summed E-state index contributed by atoms with van der Waals surface area (Å²) >= 11 is 0. The molecule has 0 spiro atoms. The van der Waals surface area contributed by atoms with Gasteiger partial charge in [-0.1, -0.05) is 12.8 Å². The van der Waals surface area contributed by atoms with Crippen molar-refractivity contribution in [3.8, 4) is 0 Å². The average Bonchev–Trinajstić information content (AvgIpc) is 2.76. The maximum atomic E-state index is 12.2. The Morgan fingerprint density at radius 3 is 2.62 bits per heavy atom. The highest BCUT2D eigenvalue weighted by Crippen LogP contribution is 2.41. The molecule has 0 saturated heterocycles. The molecule has 1 rings (SSSR count). The van der Waals surface area contributed by atoms with Crippen molar-refractivity contribution in [3.05, 3.63) is 0 Å². The first-order chi connectivity index (χ1) is 7.64. The van der Waals surface area contributed by atoms with E-state index in [2.05, 4.69) is 5.32 Å². The van der Waals surface area contributed by atoms with Gasteiger partial charge < -0.3 is 15.8 Å². The molecule has 3 N–H and O–H groups in total. The van der Waals surface area contributed by atoms with Gasteiger partial charge in [0.15, 0.2) is 0 Å². The van der Waals surface area contributed by atoms with E-state index in [9.17, 15) is 4.79 Å². The maximum Gasteiger partial charge on any atom is 0.226 e. The second-order valence-corrected chi connectivity index (χ2v) is 4.84. The molecule has 4 nitrogen and oxygen atoms in total. The van der Waals surface area contributed by atoms with E-state index in [1.54, 1.807) is 7.11 Å². The molecular formula is C12H24N2O2. The lowest BCUT2D eigenvalue weighted by Gasteiger charge is -2.29. The van der Waals surface area contributed by atoms with Crippen molar-refractivity contribution in [2.75, 3.05) is 20.3 Å². The Balaban J connectivity index is 2.58. The Labute approximate surface area is 97.9 Å². The zero-order valence-corrected chi connectivity index (χ0v) is 10.4. The minimum atomic E-state index is -0.195. The van der Waals surface area contributed by atoms with Gasteiger partial charge in [0.1, 0.15) is 0 Å². The Kier molecular flexibility index (Phi) is 5.22. The molecule has 1 fully saturated rings. The van der Waals surface area contributed by atoms with E-state index >= 15 is 0 Å². The summed E-state index contributed by atoms with van der Waals surface area (Å²) in [6.07, 6.45) is 5.09. The molecule has 0 bridgehead atoms. The van der Waals surface area contributed by atoms with E-state index in [0.717, 1.165) is 32.1 Å². The molecule has 0 aromatic carbocycles. The minimum Gasteiger partial charge on any atom is -0.385 e. The zero-order chi connectivity index (χ0) is 12.0. The monoisotopic (exact) mass is 228 g/mol. The molecule has 0 radical (unpaired) electrons. The zero-order valence-electron chi connectivity index (χ0n) is 10.4. The van der Waals surface area contributed by atoms with Gasteiger partial charge in [0.05, 0.1) is 5.41 Å². The first-order valence-corrected chi connectivity index (χ1v) is 6.14. The topological polar surface area (TPSA) is 64.3 Å². The van der Waals surface area contributed by atoms with Crippen molar-refractivity contribution in [1.29, 1.82) is 0 Å². The molecule has 1 aliphatic rings. The van der Waals surface area contributed by atoms with Gasteiger partial charge in [-0.2, -0.15) is 0 Å². The van der Waals surface area contributed by atoms with Crippen LogP contribution in [0.5, 0.6) is 0 Å². The molecule has 0 aromatic heterocycles. The van der Waals surface area contributed by atoms with Crippen LogP contribution in [0.2, 0.25) is 0 Å². The maximum absolute atomic E-state index is 12.2. The summed E-state index contributed by atoms with van der Waals surface area (Å²) in [5, 5.41) is 3.00. The smallest absolute Gasteiger partial charge is 0.226 e. The van der Waals surface area contributed by atoms with E-state index in [-0.39, 0.29) is 17.4 Å². The largest absolute Gasteiger partial charge is 0.385 e. The van der Waals surface area contributed by atoms with Crippen LogP contribution in [0.3, 0.4) is 0 Å². The van der Waals surface area contributed by atoms with Gasteiger partial charge in [0.25, 0.3) is 0 Å². The normalized spacial score (nSPS) is 20.7. The highest BCUT2D eigenvalue weighted by Gasteiger charge is 2.40. The molecule has 0 aromatic rings. The van der Waals surface area contributed by atoms with Gasteiger partial charge in [-0.25, -0.2) is 0 Å². The summed E-state index contributed by atoms with van der Waals surface area (Å²) in [6, 6.07) is 0.0625. The molecule has 16 heavy (non-hydrogen) atoms. The summed E-state index contributed by atoms with van der Waals surface area (Å²) in [6.45, 7) is 3.09. The Morgan fingerprint density at radius 1 is 1.50 bits per heavy atom. The number of rotatable bonds is 6. The van der Waals surface area contributed by atoms with E-state index in [1.165, 1.54) is 0 Å². The highest BCUT2D eigenvalue weighted by molar-refractivity contribution is 5.83. The molecule has 1 amide bonds. The number of carbonyl (C=O) groups is 1. The quantitative estimate of drug-likeness (QED) is 0.714. The fraction of sp³-hybridized carbons (Fsp3) is 0.917. The van der Waals surface area contributed by atoms with Crippen molar-refractivity contribution in [2.24, 2.45) is 11.1 Å². The number of nitrogens with one attached hydrogen (secondary N) is 1. The number of nitrogens with two attached hydrogens (primary N) is 1. The van der Waals surface area contributed by atoms with Crippen LogP contribution in [-0.2, 0) is 9.53 Å². The van der Waals surface area contributed by atoms with Gasteiger partial charge >= 0.3 is 0 Å². The van der Waals surface area contributed by atoms with Crippen LogP contribution in [0.4, 0.5) is 0 Å². The van der Waals surface area contributed by atoms with E-state index < -0.39 is 0 Å². The van der Waals surface area contributed by atoms with Crippen LogP contribution >= 0.6 is 0 Å². The van der Waals surface area contributed by atoms with E-state index in [1.807, 2.05) is 6.92 Å². The van der Waals surface area contributed by atoms with Crippen LogP contribution in [0, 0.1) is 5.41 Å². The summed E-state index contributed by atoms with van der Waals surface area (Å²) < 4.78 is 5.11. The van der Waals surface area contributed by atoms with Crippen LogP contribution in [0.15, 0.2) is 0 Å². The van der Waals surface area contributed by atoms with Crippen LogP contribution in [0.1, 0.15) is 39.0 Å². The summed E-state index contributed by atoms with van der Waals surface area (Å²) in [4.78, 5) is 12.2. The molecular weight excluding hydrogens is 204 g/mol. The Morgan fingerprint density at radius 2 is 2.12 bits per heavy atom. The molecule has 0 aliphatic heterocycles. The van der Waals surface area contributed by atoms with Gasteiger partial charge in [0, 0.05) is 26.3 Å². The molecule has 1 atom stereocenters. The summed E-state index contributed by atoms with van der Waals surface area (Å²) in [7, 11) is 1.68. The Bertz CT molecular complexity index is 225. The third kappa shape index (κ3) is 3.19. The number of carbonyl (C=O) groups excluding carboxylic acids is 1. The molecule has 1 aliphatic carbocycles. The third-order valence-corrected chi connectivity index (χ3v) is 3.56. The molecule has 0 heterocycles. The lowest BCUT2D eigenvalue weighted by atomic mass is 9.81. The number of methoxy groups -OCH3 is 1. The summed E-state index contributed by atoms with van der Waals surface area (Å²) in [5.74, 6) is 0.167. The molecule has 94 valence electrons. The predicted molar refractivity (Wildman–Crippen MR) is 64.1 cm³/mol. The second-order valence-electron chi connectivity index (χ2n) is 4.84. The van der Waals surface area contributed by atoms with Crippen molar-refractivity contribution in [1.82, 2.24) is 5.32 Å². The van der Waals surface area contributed by atoms with Gasteiger partial charge in [-0.3, -0.25) is 4.79 Å². The van der Waals surface area contributed by atoms with Crippen molar-refractivity contribution in [3.63, 3.8) is 0 Å². The number of amides is 1. The predicted octanol–water partition coefficient (Wildman–Crippen LogP) is 1.05. The van der Waals surface area contributed by atoms with Crippen LogP contribution in [0.25, 0.3) is 0 Å². The number of hydrogen-bond acceptors (Lipinski definition) is 3. The lowest BCUT2D eigenvalue weighted by Crippen LogP contribution is -2.46. The molecule has 4 heteroatoms. The van der Waals surface area contributed by atoms with Crippen LogP contribution < -0.4 is 11.1 Å². The fourth-order valence-electron chi connectivity index (χ4n) is 2.38. The Hall–Kier alpha value is -0.610. The average molecular weight is 228 g/mol. The fourth-order valence-corrected chi connectivity index (χ4v) is 2.38.